The molecule has 11 heteroatoms. The van der Waals surface area contributed by atoms with Crippen LogP contribution in [-0.4, -0.2) is 48.7 Å². The maximum atomic E-state index is 13.0. The summed E-state index contributed by atoms with van der Waals surface area (Å²) in [7, 11) is 0. The predicted molar refractivity (Wildman–Crippen MR) is 130 cm³/mol. The normalized spacial score (nSPS) is 22.3. The number of H-pyrrole nitrogens is 1. The number of fused-ring (bicyclic) bond motifs is 1. The van der Waals surface area contributed by atoms with Crippen LogP contribution in [0.2, 0.25) is 0 Å². The van der Waals surface area contributed by atoms with E-state index in [1.165, 1.54) is 37.0 Å². The smallest absolute Gasteiger partial charge is 0.248 e. The molecule has 2 unspecified atom stereocenters. The van der Waals surface area contributed by atoms with Gasteiger partial charge in [-0.3, -0.25) is 9.89 Å². The van der Waals surface area contributed by atoms with Gasteiger partial charge >= 0.3 is 0 Å². The van der Waals surface area contributed by atoms with Crippen LogP contribution in [0.4, 0.5) is 22.7 Å². The topological polar surface area (TPSA) is 132 Å². The van der Waals surface area contributed by atoms with Crippen LogP contribution in [0, 0.1) is 0 Å². The van der Waals surface area contributed by atoms with Gasteiger partial charge < -0.3 is 20.6 Å². The summed E-state index contributed by atoms with van der Waals surface area (Å²) in [6.07, 6.45) is 8.86. The van der Waals surface area contributed by atoms with E-state index in [-0.39, 0.29) is 11.9 Å². The molecule has 2 atom stereocenters. The zero-order valence-electron chi connectivity index (χ0n) is 18.8. The molecule has 2 aliphatic carbocycles. The van der Waals surface area contributed by atoms with Crippen LogP contribution in [0.1, 0.15) is 73.9 Å². The molecule has 3 aliphatic rings. The fourth-order valence-electron chi connectivity index (χ4n) is 5.38. The molecular weight excluding hydrogens is 452 g/mol. The summed E-state index contributed by atoms with van der Waals surface area (Å²) in [6, 6.07) is 1.68. The Kier molecular flexibility index (Phi) is 5.66. The van der Waals surface area contributed by atoms with Gasteiger partial charge in [0.05, 0.1) is 11.8 Å². The first-order chi connectivity index (χ1) is 16.7. The van der Waals surface area contributed by atoms with E-state index in [0.717, 1.165) is 23.5 Å². The minimum Gasteiger partial charge on any atom is -0.387 e. The van der Waals surface area contributed by atoms with Crippen LogP contribution in [0.5, 0.6) is 0 Å². The summed E-state index contributed by atoms with van der Waals surface area (Å²) in [5, 5.41) is 26.9. The summed E-state index contributed by atoms with van der Waals surface area (Å²) in [4.78, 5) is 28.6. The van der Waals surface area contributed by atoms with Crippen molar-refractivity contribution < 1.29 is 9.90 Å². The van der Waals surface area contributed by atoms with E-state index in [1.54, 1.807) is 6.20 Å². The summed E-state index contributed by atoms with van der Waals surface area (Å²) in [6.45, 7) is 0.679. The third-order valence-corrected chi connectivity index (χ3v) is 7.81. The quantitative estimate of drug-likeness (QED) is 0.420. The number of aliphatic hydroxyl groups is 1. The van der Waals surface area contributed by atoms with Crippen LogP contribution in [0.3, 0.4) is 0 Å². The minimum absolute atomic E-state index is 0.111. The summed E-state index contributed by atoms with van der Waals surface area (Å²) < 4.78 is 0. The number of anilines is 4. The fraction of sp³-hybridized carbons (Fsp3) is 0.522. The van der Waals surface area contributed by atoms with Crippen molar-refractivity contribution >= 4 is 40.0 Å². The Balaban J connectivity index is 1.28. The highest BCUT2D eigenvalue weighted by Gasteiger charge is 2.35. The highest BCUT2D eigenvalue weighted by atomic mass is 32.1. The monoisotopic (exact) mass is 480 g/mol. The summed E-state index contributed by atoms with van der Waals surface area (Å²) >= 11 is 1.39. The highest BCUT2D eigenvalue weighted by molar-refractivity contribution is 7.13. The lowest BCUT2D eigenvalue weighted by Gasteiger charge is -2.25. The Morgan fingerprint density at radius 1 is 1.18 bits per heavy atom. The van der Waals surface area contributed by atoms with Crippen molar-refractivity contribution in [3.8, 4) is 0 Å². The standard InChI is InChI=1S/C23H28N8O2S/c32-17-8-7-14-19(17)26-22(31-10-3-6-16(31)21(33)28-23-24-9-11-34-23)27-20(14)25-18-12-15(29-30-18)13-4-1-2-5-13/h9,11-13,16-17,32H,1-8,10H2,(H,24,28,33)(H2,25,26,27,29,30). The fourth-order valence-corrected chi connectivity index (χ4v) is 5.91. The lowest BCUT2D eigenvalue weighted by atomic mass is 10.0. The Morgan fingerprint density at radius 2 is 2.06 bits per heavy atom. The van der Waals surface area contributed by atoms with Gasteiger partial charge in [-0.15, -0.1) is 11.3 Å². The molecule has 6 rings (SSSR count). The van der Waals surface area contributed by atoms with Gasteiger partial charge in [-0.1, -0.05) is 12.8 Å². The van der Waals surface area contributed by atoms with E-state index in [1.807, 2.05) is 10.3 Å². The van der Waals surface area contributed by atoms with Gasteiger partial charge in [0.15, 0.2) is 10.9 Å². The molecule has 34 heavy (non-hydrogen) atoms. The number of aromatic nitrogens is 5. The molecule has 0 spiro atoms. The number of aliphatic hydroxyl groups excluding tert-OH is 1. The van der Waals surface area contributed by atoms with Crippen LogP contribution >= 0.6 is 11.3 Å². The number of nitrogens with zero attached hydrogens (tertiary/aromatic N) is 5. The Bertz CT molecular complexity index is 1170. The molecule has 178 valence electrons. The molecule has 1 saturated carbocycles. The second kappa shape index (κ2) is 8.95. The van der Waals surface area contributed by atoms with Crippen LogP contribution in [0.15, 0.2) is 17.6 Å². The number of aromatic amines is 1. The molecule has 0 bridgehead atoms. The summed E-state index contributed by atoms with van der Waals surface area (Å²) in [5.41, 5.74) is 2.72. The maximum absolute atomic E-state index is 13.0. The molecule has 4 heterocycles. The largest absolute Gasteiger partial charge is 0.387 e. The predicted octanol–water partition coefficient (Wildman–Crippen LogP) is 3.64. The van der Waals surface area contributed by atoms with E-state index >= 15 is 0 Å². The molecule has 0 aromatic carbocycles. The zero-order valence-corrected chi connectivity index (χ0v) is 19.6. The molecule has 4 N–H and O–H groups in total. The second-order valence-corrected chi connectivity index (χ2v) is 10.2. The lowest BCUT2D eigenvalue weighted by Crippen LogP contribution is -2.40. The first-order valence-electron chi connectivity index (χ1n) is 12.0. The van der Waals surface area contributed by atoms with Gasteiger partial charge in [0.2, 0.25) is 11.9 Å². The third kappa shape index (κ3) is 4.03. The van der Waals surface area contributed by atoms with Gasteiger partial charge in [-0.25, -0.2) is 9.97 Å². The first-order valence-corrected chi connectivity index (χ1v) is 12.9. The molecule has 3 aromatic rings. The number of nitrogens with one attached hydrogen (secondary N) is 3. The lowest BCUT2D eigenvalue weighted by molar-refractivity contribution is -0.117. The third-order valence-electron chi connectivity index (χ3n) is 7.12. The Morgan fingerprint density at radius 3 is 2.88 bits per heavy atom. The van der Waals surface area contributed by atoms with Crippen LogP contribution in [-0.2, 0) is 11.2 Å². The molecule has 3 aromatic heterocycles. The Labute approximate surface area is 201 Å². The van der Waals surface area contributed by atoms with Gasteiger partial charge in [0.25, 0.3) is 0 Å². The van der Waals surface area contributed by atoms with Crippen molar-refractivity contribution in [1.29, 1.82) is 0 Å². The molecule has 0 radical (unpaired) electrons. The van der Waals surface area contributed by atoms with Gasteiger partial charge in [-0.2, -0.15) is 10.1 Å². The van der Waals surface area contributed by atoms with Crippen molar-refractivity contribution in [3.05, 3.63) is 34.6 Å². The van der Waals surface area contributed by atoms with E-state index in [0.29, 0.717) is 54.3 Å². The number of carbonyl (C=O) groups excluding carboxylic acids is 1. The van der Waals surface area contributed by atoms with Gasteiger partial charge in [-0.05, 0) is 38.5 Å². The minimum atomic E-state index is -0.629. The van der Waals surface area contributed by atoms with Gasteiger partial charge in [0.1, 0.15) is 11.9 Å². The SMILES string of the molecule is O=C(Nc1nccs1)C1CCCN1c1nc(Nc2cc(C3CCCC3)[nH]n2)c2c(n1)C(O)CC2. The number of rotatable bonds is 6. The number of hydrogen-bond donors (Lipinski definition) is 4. The maximum Gasteiger partial charge on any atom is 0.248 e. The highest BCUT2D eigenvalue weighted by Crippen LogP contribution is 2.38. The molecule has 2 fully saturated rings. The molecule has 1 amide bonds. The Hall–Kier alpha value is -3.05. The molecule has 10 nitrogen and oxygen atoms in total. The van der Waals surface area contributed by atoms with Crippen molar-refractivity contribution in [2.45, 2.75) is 69.4 Å². The van der Waals surface area contributed by atoms with Crippen molar-refractivity contribution in [2.75, 3.05) is 22.1 Å². The number of amides is 1. The summed E-state index contributed by atoms with van der Waals surface area (Å²) in [5.74, 6) is 2.27. The van der Waals surface area contributed by atoms with Crippen LogP contribution < -0.4 is 15.5 Å². The average molecular weight is 481 g/mol. The second-order valence-electron chi connectivity index (χ2n) is 9.28. The van der Waals surface area contributed by atoms with E-state index in [9.17, 15) is 9.90 Å². The number of thiazole rings is 1. The van der Waals surface area contributed by atoms with Gasteiger partial charge in [0, 0.05) is 41.4 Å². The molecular formula is C23H28N8O2S. The van der Waals surface area contributed by atoms with E-state index in [4.69, 9.17) is 9.97 Å². The van der Waals surface area contributed by atoms with E-state index in [2.05, 4.69) is 31.9 Å². The van der Waals surface area contributed by atoms with Crippen molar-refractivity contribution in [3.63, 3.8) is 0 Å². The van der Waals surface area contributed by atoms with Crippen molar-refractivity contribution in [1.82, 2.24) is 25.1 Å². The molecule has 1 aliphatic heterocycles. The van der Waals surface area contributed by atoms with Crippen molar-refractivity contribution in [2.24, 2.45) is 0 Å². The molecule has 1 saturated heterocycles. The number of hydrogen-bond acceptors (Lipinski definition) is 9. The number of carbonyl (C=O) groups is 1. The average Bonchev–Trinajstić information content (AvgIpc) is 3.65. The van der Waals surface area contributed by atoms with Crippen LogP contribution in [0.25, 0.3) is 0 Å². The van der Waals surface area contributed by atoms with E-state index < -0.39 is 6.10 Å². The first kappa shape index (κ1) is 21.5. The zero-order chi connectivity index (χ0) is 23.1.